The Labute approximate surface area is 246 Å². The predicted molar refractivity (Wildman–Crippen MR) is 82.0 cm³/mol. The van der Waals surface area contributed by atoms with Crippen molar-refractivity contribution in [3.8, 4) is 0 Å². The van der Waals surface area contributed by atoms with Gasteiger partial charge in [-0.05, 0) is 6.07 Å². The van der Waals surface area contributed by atoms with Crippen molar-refractivity contribution in [2.75, 3.05) is 12.3 Å². The van der Waals surface area contributed by atoms with Gasteiger partial charge in [-0.15, -0.1) is 0 Å². The number of phosphoric acid groups is 3. The minimum atomic E-state index is -6.09. The van der Waals surface area contributed by atoms with E-state index < -0.39 is 60.3 Å². The van der Waals surface area contributed by atoms with Crippen molar-refractivity contribution in [3.63, 3.8) is 0 Å². The van der Waals surface area contributed by atoms with Gasteiger partial charge in [0.15, 0.2) is 6.23 Å². The molecule has 1 aromatic heterocycles. The molecule has 2 heterocycles. The van der Waals surface area contributed by atoms with Gasteiger partial charge in [-0.2, -0.15) is 4.98 Å². The number of ether oxygens (including phenoxy) is 1. The van der Waals surface area contributed by atoms with Crippen molar-refractivity contribution in [3.05, 3.63) is 22.7 Å². The Kier molecular flexibility index (Phi) is 15.9. The standard InChI is InChI=1S/C9H16N3O14P3.3Na/c10-5-1-2-12(9(15)11-5)8-7(14)6(13)4(24-8)3-23-28(19,20)26-29(21,22)25-27(16,17)18;;;/h1-2,4,6-8,13-14H,3H2,(H,19,20)(H,21,22)(H2,10,11,15)(H2,16,17,18);;;/q;3*+1/p-3/t4-,6-,7-,8-;;;/m1.../s1. The largest absolute Gasteiger partial charge is 1.00 e. The number of anilines is 1. The molecule has 0 saturated carbocycles. The van der Waals surface area contributed by atoms with Gasteiger partial charge in [-0.3, -0.25) is 18.3 Å². The fourth-order valence-corrected chi connectivity index (χ4v) is 5.06. The molecule has 32 heavy (non-hydrogen) atoms. The van der Waals surface area contributed by atoms with Crippen LogP contribution < -0.4 is 115 Å². The van der Waals surface area contributed by atoms with Crippen molar-refractivity contribution >= 4 is 29.3 Å². The third kappa shape index (κ3) is 10.9. The van der Waals surface area contributed by atoms with Crippen LogP contribution >= 0.6 is 23.5 Å². The summed E-state index contributed by atoms with van der Waals surface area (Å²) in [4.78, 5) is 56.4. The van der Waals surface area contributed by atoms with Gasteiger partial charge >= 0.3 is 94.4 Å². The van der Waals surface area contributed by atoms with E-state index in [-0.39, 0.29) is 94.5 Å². The Hall–Kier alpha value is 1.97. The first-order chi connectivity index (χ1) is 13.1. The van der Waals surface area contributed by atoms with Gasteiger partial charge in [0.2, 0.25) is 0 Å². The number of aliphatic hydroxyl groups is 2. The number of nitrogen functional groups attached to an aromatic ring is 1. The van der Waals surface area contributed by atoms with Crippen LogP contribution in [0.2, 0.25) is 0 Å². The molecule has 0 aromatic carbocycles. The van der Waals surface area contributed by atoms with Gasteiger partial charge in [0.05, 0.1) is 6.61 Å². The van der Waals surface area contributed by atoms with Crippen LogP contribution in [-0.2, 0) is 31.6 Å². The Balaban J connectivity index is 0. The number of aromatic nitrogens is 2. The molecule has 17 nitrogen and oxygen atoms in total. The van der Waals surface area contributed by atoms with E-state index in [2.05, 4.69) is 18.1 Å². The third-order valence-electron chi connectivity index (χ3n) is 3.26. The molecule has 0 bridgehead atoms. The normalized spacial score (nSPS) is 28.1. The van der Waals surface area contributed by atoms with Gasteiger partial charge in [-0.25, -0.2) is 13.4 Å². The Bertz CT molecular complexity index is 960. The fraction of sp³-hybridized carbons (Fsp3) is 0.556. The van der Waals surface area contributed by atoms with Crippen molar-refractivity contribution in [1.82, 2.24) is 9.55 Å². The molecule has 1 fully saturated rings. The summed E-state index contributed by atoms with van der Waals surface area (Å²) < 4.78 is 49.5. The van der Waals surface area contributed by atoms with Crippen LogP contribution in [0.25, 0.3) is 0 Å². The predicted octanol–water partition coefficient (Wildman–Crippen LogP) is -13.1. The Morgan fingerprint density at radius 2 is 1.66 bits per heavy atom. The molecule has 0 spiro atoms. The Morgan fingerprint density at radius 1 is 1.09 bits per heavy atom. The average Bonchev–Trinajstić information content (AvgIpc) is 2.78. The summed E-state index contributed by atoms with van der Waals surface area (Å²) >= 11 is 0. The van der Waals surface area contributed by atoms with Crippen molar-refractivity contribution in [2.24, 2.45) is 0 Å². The van der Waals surface area contributed by atoms with Crippen LogP contribution in [0.5, 0.6) is 0 Å². The fourth-order valence-electron chi connectivity index (χ4n) is 2.17. The van der Waals surface area contributed by atoms with E-state index in [9.17, 15) is 43.4 Å². The number of nitrogens with zero attached hydrogens (tertiary/aromatic N) is 2. The molecular weight excluding hydrogens is 536 g/mol. The summed E-state index contributed by atoms with van der Waals surface area (Å²) in [6, 6.07) is 1.18. The molecule has 1 saturated heterocycles. The zero-order chi connectivity index (χ0) is 22.2. The third-order valence-corrected chi connectivity index (χ3v) is 6.95. The number of hydrogen-bond donors (Lipinski definition) is 4. The van der Waals surface area contributed by atoms with E-state index in [1.807, 2.05) is 0 Å². The van der Waals surface area contributed by atoms with E-state index in [1.54, 1.807) is 0 Å². The molecule has 0 radical (unpaired) electrons. The number of nitrogens with two attached hydrogens (primary N) is 1. The van der Waals surface area contributed by atoms with Crippen molar-refractivity contribution in [2.45, 2.75) is 24.5 Å². The summed E-state index contributed by atoms with van der Waals surface area (Å²) in [6.07, 6.45) is -5.62. The average molecular weight is 549 g/mol. The van der Waals surface area contributed by atoms with Gasteiger partial charge in [-0.1, -0.05) is 0 Å². The maximum absolute atomic E-state index is 11.8. The smallest absolute Gasteiger partial charge is 0.756 e. The number of hydrogen-bond acceptors (Lipinski definition) is 15. The van der Waals surface area contributed by atoms with E-state index in [0.717, 1.165) is 10.8 Å². The maximum atomic E-state index is 11.8. The van der Waals surface area contributed by atoms with Crippen LogP contribution in [0.3, 0.4) is 0 Å². The molecule has 166 valence electrons. The second-order valence-corrected chi connectivity index (χ2v) is 9.70. The van der Waals surface area contributed by atoms with Gasteiger partial charge in [0.25, 0.3) is 23.5 Å². The van der Waals surface area contributed by atoms with Crippen molar-refractivity contribution < 1.29 is 150 Å². The first-order valence-electron chi connectivity index (χ1n) is 7.20. The summed E-state index contributed by atoms with van der Waals surface area (Å²) in [6.45, 7) is -1.12. The topological polar surface area (TPSA) is 279 Å². The Morgan fingerprint density at radius 3 is 2.16 bits per heavy atom. The van der Waals surface area contributed by atoms with Gasteiger partial charge in [0, 0.05) is 6.20 Å². The van der Waals surface area contributed by atoms with E-state index >= 15 is 0 Å². The quantitative estimate of drug-likeness (QED) is 0.173. The molecule has 7 atom stereocenters. The van der Waals surface area contributed by atoms with E-state index in [0.29, 0.717) is 0 Å². The van der Waals surface area contributed by atoms with E-state index in [1.165, 1.54) is 6.07 Å². The minimum absolute atomic E-state index is 0. The summed E-state index contributed by atoms with van der Waals surface area (Å²) in [5.74, 6) is -0.140. The number of aliphatic hydroxyl groups excluding tert-OH is 2. The molecule has 2 rings (SSSR count). The molecule has 1 aromatic rings. The minimum Gasteiger partial charge on any atom is -0.756 e. The van der Waals surface area contributed by atoms with Crippen LogP contribution in [0.4, 0.5) is 5.82 Å². The molecular formula is C9H13N3Na3O14P3. The van der Waals surface area contributed by atoms with Gasteiger partial charge < -0.3 is 44.8 Å². The summed E-state index contributed by atoms with van der Waals surface area (Å²) in [7, 11) is -17.8. The monoisotopic (exact) mass is 549 g/mol. The zero-order valence-corrected chi connectivity index (χ0v) is 25.5. The second-order valence-electron chi connectivity index (χ2n) is 5.41. The van der Waals surface area contributed by atoms with Crippen LogP contribution in [0.1, 0.15) is 6.23 Å². The number of phosphoric ester groups is 1. The molecule has 5 N–H and O–H groups in total. The molecule has 1 aliphatic rings. The number of rotatable bonds is 8. The first-order valence-corrected chi connectivity index (χ1v) is 11.6. The molecule has 23 heteroatoms. The summed E-state index contributed by atoms with van der Waals surface area (Å²) in [5.41, 5.74) is 4.35. The molecule has 0 aliphatic carbocycles. The molecule has 0 amide bonds. The van der Waals surface area contributed by atoms with Crippen LogP contribution in [0.15, 0.2) is 17.1 Å². The SMILES string of the molecule is Nc1ccn([C@@H]2O[C@H](COP(=O)([O-])OP(=O)([O-])OP(=O)([O-])O)[C@@H](O)[C@H]2O)c(=O)n1.[Na+].[Na+].[Na+]. The zero-order valence-electron chi connectivity index (χ0n) is 16.8. The van der Waals surface area contributed by atoms with Gasteiger partial charge in [0.1, 0.15) is 24.1 Å². The molecule has 3 unspecified atom stereocenters. The van der Waals surface area contributed by atoms with Crippen LogP contribution in [-0.4, -0.2) is 49.6 Å². The summed E-state index contributed by atoms with van der Waals surface area (Å²) in [5, 5.41) is 19.9. The first kappa shape index (κ1) is 36.1. The second kappa shape index (κ2) is 14.1. The molecule has 1 aliphatic heterocycles. The van der Waals surface area contributed by atoms with E-state index in [4.69, 9.17) is 15.4 Å². The maximum Gasteiger partial charge on any atom is 1.00 e. The van der Waals surface area contributed by atoms with Crippen LogP contribution in [0, 0.1) is 0 Å². The van der Waals surface area contributed by atoms with Crippen molar-refractivity contribution in [1.29, 1.82) is 0 Å².